The largest absolute Gasteiger partial charge is 0.481 e. The van der Waals surface area contributed by atoms with Gasteiger partial charge in [-0.3, -0.25) is 14.5 Å². The number of carboxylic acids is 1. The van der Waals surface area contributed by atoms with Crippen molar-refractivity contribution in [1.29, 1.82) is 0 Å². The average molecular weight is 687 g/mol. The van der Waals surface area contributed by atoms with Crippen molar-refractivity contribution in [1.82, 2.24) is 10.2 Å². The van der Waals surface area contributed by atoms with Gasteiger partial charge in [0.2, 0.25) is 5.91 Å². The summed E-state index contributed by atoms with van der Waals surface area (Å²) in [5.74, 6) is -1.07. The number of aliphatic hydroxyl groups is 1. The normalized spacial score (nSPS) is 18.1. The Balaban J connectivity index is 1.18. The van der Waals surface area contributed by atoms with Crippen LogP contribution in [0.3, 0.4) is 0 Å². The number of carboxylic acid groups (broad SMARTS) is 1. The van der Waals surface area contributed by atoms with Crippen LogP contribution >= 0.6 is 0 Å². The number of nitrogens with one attached hydrogen (secondary N) is 1. The first kappa shape index (κ1) is 35.9. The van der Waals surface area contributed by atoms with Crippen LogP contribution in [0.25, 0.3) is 21.9 Å². The van der Waals surface area contributed by atoms with Gasteiger partial charge in [-0.15, -0.1) is 0 Å². The highest BCUT2D eigenvalue weighted by molar-refractivity contribution is 5.83. The van der Waals surface area contributed by atoms with Gasteiger partial charge in [0.25, 0.3) is 0 Å². The molecule has 0 unspecified atom stereocenters. The van der Waals surface area contributed by atoms with Crippen LogP contribution in [0.4, 0.5) is 0 Å². The third kappa shape index (κ3) is 9.28. The number of hydrogen-bond acceptors (Lipinski definition) is 6. The lowest BCUT2D eigenvalue weighted by Gasteiger charge is -2.39. The van der Waals surface area contributed by atoms with Gasteiger partial charge in [0.1, 0.15) is 0 Å². The van der Waals surface area contributed by atoms with Gasteiger partial charge < -0.3 is 25.0 Å². The van der Waals surface area contributed by atoms with Crippen LogP contribution in [0, 0.1) is 0 Å². The number of rotatable bonds is 14. The fourth-order valence-corrected chi connectivity index (χ4v) is 6.69. The van der Waals surface area contributed by atoms with Crippen molar-refractivity contribution >= 4 is 22.6 Å². The van der Waals surface area contributed by atoms with E-state index in [1.165, 1.54) is 16.3 Å². The molecule has 0 radical (unpaired) electrons. The smallest absolute Gasteiger partial charge is 0.303 e. The summed E-state index contributed by atoms with van der Waals surface area (Å²) < 4.78 is 13.3. The molecule has 264 valence electrons. The van der Waals surface area contributed by atoms with Crippen molar-refractivity contribution in [3.63, 3.8) is 0 Å². The Kier molecular flexibility index (Phi) is 11.9. The van der Waals surface area contributed by atoms with E-state index in [0.29, 0.717) is 25.9 Å². The van der Waals surface area contributed by atoms with Crippen molar-refractivity contribution < 1.29 is 29.3 Å². The molecule has 0 saturated carbocycles. The number of nitrogens with zero attached hydrogens (tertiary/aromatic N) is 1. The maximum absolute atomic E-state index is 12.3. The summed E-state index contributed by atoms with van der Waals surface area (Å²) in [5.41, 5.74) is 7.05. The molecule has 1 saturated heterocycles. The quantitative estimate of drug-likeness (QED) is 0.108. The summed E-state index contributed by atoms with van der Waals surface area (Å²) in [6.07, 6.45) is 0.288. The number of carbonyl (C=O) groups excluding carboxylic acids is 1. The van der Waals surface area contributed by atoms with Crippen LogP contribution in [0.15, 0.2) is 115 Å². The summed E-state index contributed by atoms with van der Waals surface area (Å²) in [6.45, 7) is 3.29. The van der Waals surface area contributed by atoms with Crippen molar-refractivity contribution in [3.8, 4) is 11.1 Å². The molecule has 1 heterocycles. The molecule has 0 bridgehead atoms. The Labute approximate surface area is 299 Å². The Bertz CT molecular complexity index is 1930. The maximum atomic E-state index is 12.3. The van der Waals surface area contributed by atoms with Gasteiger partial charge in [0, 0.05) is 44.0 Å². The standard InChI is InChI=1S/C43H46N2O6/c1-29(35-23-18-31-8-3-4-9-36(31)24-35)45(2)27-38-25-40(33-16-14-30(28-46)15-17-33)51-43(50-38)34-21-19-32(20-22-34)39-11-6-5-10-37(39)26-44-41(47)12-7-13-42(48)49/h3-6,8-11,14-24,29,38,40,43,46H,7,12-13,25-28H2,1-2H3,(H,44,47)(H,48,49)/t29-,38+,40-,43-/m1/s1. The minimum absolute atomic E-state index is 0.00768. The predicted molar refractivity (Wildman–Crippen MR) is 199 cm³/mol. The molecule has 8 nitrogen and oxygen atoms in total. The molecule has 1 aliphatic heterocycles. The molecule has 8 heteroatoms. The molecule has 0 aliphatic carbocycles. The fraction of sp³-hybridized carbons (Fsp3) is 0.302. The highest BCUT2D eigenvalue weighted by atomic mass is 16.7. The molecule has 1 fully saturated rings. The molecule has 51 heavy (non-hydrogen) atoms. The van der Waals surface area contributed by atoms with Crippen molar-refractivity contribution in [2.24, 2.45) is 0 Å². The van der Waals surface area contributed by atoms with E-state index in [-0.39, 0.29) is 43.6 Å². The molecule has 6 rings (SSSR count). The van der Waals surface area contributed by atoms with Crippen LogP contribution in [-0.4, -0.2) is 46.7 Å². The fourth-order valence-electron chi connectivity index (χ4n) is 6.69. The van der Waals surface area contributed by atoms with E-state index in [1.807, 2.05) is 60.7 Å². The predicted octanol–water partition coefficient (Wildman–Crippen LogP) is 8.11. The number of benzene rings is 5. The molecule has 1 aliphatic rings. The van der Waals surface area contributed by atoms with E-state index < -0.39 is 12.3 Å². The Morgan fingerprint density at radius 1 is 0.843 bits per heavy atom. The third-order valence-corrected chi connectivity index (χ3v) is 9.81. The molecule has 0 spiro atoms. The van der Waals surface area contributed by atoms with Crippen LogP contribution in [0.1, 0.15) is 78.9 Å². The molecule has 0 aromatic heterocycles. The maximum Gasteiger partial charge on any atom is 0.303 e. The van der Waals surface area contributed by atoms with Gasteiger partial charge in [-0.25, -0.2) is 0 Å². The van der Waals surface area contributed by atoms with E-state index in [1.54, 1.807) is 0 Å². The number of hydrogen-bond donors (Lipinski definition) is 3. The van der Waals surface area contributed by atoms with E-state index in [0.717, 1.165) is 33.4 Å². The number of amides is 1. The highest BCUT2D eigenvalue weighted by Gasteiger charge is 2.33. The zero-order chi connectivity index (χ0) is 35.7. The van der Waals surface area contributed by atoms with Gasteiger partial charge >= 0.3 is 5.97 Å². The van der Waals surface area contributed by atoms with E-state index in [2.05, 4.69) is 78.8 Å². The number of aliphatic hydroxyl groups excluding tert-OH is 1. The second-order valence-corrected chi connectivity index (χ2v) is 13.4. The molecule has 5 aromatic rings. The van der Waals surface area contributed by atoms with Crippen molar-refractivity contribution in [2.45, 2.75) is 70.3 Å². The zero-order valence-corrected chi connectivity index (χ0v) is 29.2. The van der Waals surface area contributed by atoms with Gasteiger partial charge in [-0.2, -0.15) is 0 Å². The van der Waals surface area contributed by atoms with E-state index >= 15 is 0 Å². The molecule has 5 aromatic carbocycles. The summed E-state index contributed by atoms with van der Waals surface area (Å²) >= 11 is 0. The highest BCUT2D eigenvalue weighted by Crippen LogP contribution is 2.39. The summed E-state index contributed by atoms with van der Waals surface area (Å²) in [5, 5.41) is 23.9. The minimum atomic E-state index is -0.901. The van der Waals surface area contributed by atoms with Crippen molar-refractivity contribution in [3.05, 3.63) is 143 Å². The van der Waals surface area contributed by atoms with Crippen molar-refractivity contribution in [2.75, 3.05) is 13.6 Å². The van der Waals surface area contributed by atoms with Crippen LogP contribution in [-0.2, 0) is 32.2 Å². The Morgan fingerprint density at radius 3 is 2.29 bits per heavy atom. The number of carbonyl (C=O) groups is 2. The Hall–Kier alpha value is -4.86. The van der Waals surface area contributed by atoms with Gasteiger partial charge in [-0.1, -0.05) is 109 Å². The first-order valence-corrected chi connectivity index (χ1v) is 17.6. The SMILES string of the molecule is C[C@H](c1ccc2ccccc2c1)N(C)C[C@@H]1C[C@H](c2ccc(CO)cc2)O[C@H](c2ccc(-c3ccccc3CNC(=O)CCCC(=O)O)cc2)O1. The van der Waals surface area contributed by atoms with Gasteiger partial charge in [0.05, 0.1) is 18.8 Å². The molecular formula is C43H46N2O6. The zero-order valence-electron chi connectivity index (χ0n) is 29.2. The minimum Gasteiger partial charge on any atom is -0.481 e. The Morgan fingerprint density at radius 2 is 1.55 bits per heavy atom. The number of aliphatic carboxylic acids is 1. The lowest BCUT2D eigenvalue weighted by Crippen LogP contribution is -2.38. The number of likely N-dealkylation sites (N-methyl/N-ethyl adjacent to an activating group) is 1. The van der Waals surface area contributed by atoms with Gasteiger partial charge in [0.15, 0.2) is 6.29 Å². The summed E-state index contributed by atoms with van der Waals surface area (Å²) in [4.78, 5) is 25.5. The second-order valence-electron chi connectivity index (χ2n) is 13.4. The lowest BCUT2D eigenvalue weighted by molar-refractivity contribution is -0.253. The van der Waals surface area contributed by atoms with Gasteiger partial charge in [-0.05, 0) is 70.6 Å². The molecule has 4 atom stereocenters. The average Bonchev–Trinajstić information content (AvgIpc) is 3.16. The summed E-state index contributed by atoms with van der Waals surface area (Å²) in [6, 6.07) is 39.3. The van der Waals surface area contributed by atoms with E-state index in [4.69, 9.17) is 14.6 Å². The first-order chi connectivity index (χ1) is 24.8. The summed E-state index contributed by atoms with van der Waals surface area (Å²) in [7, 11) is 2.14. The van der Waals surface area contributed by atoms with Crippen LogP contribution in [0.2, 0.25) is 0 Å². The molecular weight excluding hydrogens is 640 g/mol. The van der Waals surface area contributed by atoms with E-state index in [9.17, 15) is 14.7 Å². The van der Waals surface area contributed by atoms with Crippen LogP contribution < -0.4 is 5.32 Å². The lowest BCUT2D eigenvalue weighted by atomic mass is 9.97. The number of fused-ring (bicyclic) bond motifs is 1. The molecule has 1 amide bonds. The second kappa shape index (κ2) is 16.9. The topological polar surface area (TPSA) is 108 Å². The first-order valence-electron chi connectivity index (χ1n) is 17.6. The number of ether oxygens (including phenoxy) is 2. The molecule has 3 N–H and O–H groups in total. The van der Waals surface area contributed by atoms with Crippen LogP contribution in [0.5, 0.6) is 0 Å². The third-order valence-electron chi connectivity index (χ3n) is 9.81. The monoisotopic (exact) mass is 686 g/mol.